The maximum atomic E-state index is 4.86. The van der Waals surface area contributed by atoms with Gasteiger partial charge in [-0.05, 0) is 0 Å². The summed E-state index contributed by atoms with van der Waals surface area (Å²) in [6.07, 6.45) is 1.18. The van der Waals surface area contributed by atoms with Crippen LogP contribution in [0.15, 0.2) is 0 Å². The third-order valence-corrected chi connectivity index (χ3v) is 0.920. The highest BCUT2D eigenvalue weighted by Gasteiger charge is 2.15. The zero-order valence-corrected chi connectivity index (χ0v) is 3.81. The maximum absolute atomic E-state index is 4.86. The first-order valence-electron chi connectivity index (χ1n) is 2.08. The normalized spacial score (nSPS) is 32.5. The maximum Gasteiger partial charge on any atom is 0.159 e. The Hall–Kier alpha value is -0.0800. The molecular formula is C4H8O2. The average molecular weight is 88.1 g/mol. The van der Waals surface area contributed by atoms with E-state index in [2.05, 4.69) is 0 Å². The Balaban J connectivity index is 2.01. The minimum Gasteiger partial charge on any atom is -0.356 e. The first-order valence-corrected chi connectivity index (χ1v) is 2.08. The highest BCUT2D eigenvalue weighted by Crippen LogP contribution is 2.09. The number of ether oxygens (including phenoxy) is 2. The summed E-state index contributed by atoms with van der Waals surface area (Å²) in [6.45, 7) is 0.874. The predicted molar refractivity (Wildman–Crippen MR) is 21.4 cm³/mol. The van der Waals surface area contributed by atoms with Crippen molar-refractivity contribution in [1.29, 1.82) is 0 Å². The van der Waals surface area contributed by atoms with Crippen LogP contribution in [0.4, 0.5) is 0 Å². The van der Waals surface area contributed by atoms with Gasteiger partial charge in [-0.2, -0.15) is 0 Å². The van der Waals surface area contributed by atoms with Crippen LogP contribution in [0.2, 0.25) is 0 Å². The third kappa shape index (κ3) is 0.533. The molecule has 0 N–H and O–H groups in total. The summed E-state index contributed by atoms with van der Waals surface area (Å²) in [4.78, 5) is 0. The summed E-state index contributed by atoms with van der Waals surface area (Å²) >= 11 is 0. The van der Waals surface area contributed by atoms with Crippen LogP contribution >= 0.6 is 0 Å². The van der Waals surface area contributed by atoms with Crippen molar-refractivity contribution in [2.75, 3.05) is 13.7 Å². The molecule has 0 aromatic heterocycles. The molecule has 1 aliphatic rings. The lowest BCUT2D eigenvalue weighted by Gasteiger charge is -2.23. The minimum atomic E-state index is 0.116. The summed E-state index contributed by atoms with van der Waals surface area (Å²) in [6, 6.07) is 0. The fraction of sp³-hybridized carbons (Fsp3) is 1.00. The first-order chi connectivity index (χ1) is 2.93. The van der Waals surface area contributed by atoms with Gasteiger partial charge in [-0.3, -0.25) is 0 Å². The third-order valence-electron chi connectivity index (χ3n) is 0.920. The minimum absolute atomic E-state index is 0.116. The molecular weight excluding hydrogens is 80.0 g/mol. The topological polar surface area (TPSA) is 18.5 Å². The van der Waals surface area contributed by atoms with E-state index in [-0.39, 0.29) is 6.29 Å². The van der Waals surface area contributed by atoms with Gasteiger partial charge in [0.15, 0.2) is 6.29 Å². The van der Waals surface area contributed by atoms with Crippen LogP contribution in [0.1, 0.15) is 6.42 Å². The van der Waals surface area contributed by atoms with E-state index in [9.17, 15) is 0 Å². The standard InChI is InChI=1S/C4H8O2/c1-5-4-2-3-6-4/h4H,2-3H2,1H3. The van der Waals surface area contributed by atoms with Crippen LogP contribution < -0.4 is 0 Å². The number of hydrogen-bond donors (Lipinski definition) is 0. The zero-order chi connectivity index (χ0) is 4.41. The van der Waals surface area contributed by atoms with Gasteiger partial charge in [-0.25, -0.2) is 0 Å². The summed E-state index contributed by atoms with van der Waals surface area (Å²) in [7, 11) is 1.66. The van der Waals surface area contributed by atoms with E-state index in [0.29, 0.717) is 0 Å². The highest BCUT2D eigenvalue weighted by atomic mass is 16.7. The molecule has 2 nitrogen and oxygen atoms in total. The molecule has 1 saturated heterocycles. The summed E-state index contributed by atoms with van der Waals surface area (Å²) in [5, 5.41) is 0. The number of rotatable bonds is 1. The summed E-state index contributed by atoms with van der Waals surface area (Å²) in [5.41, 5.74) is 0. The van der Waals surface area contributed by atoms with E-state index in [4.69, 9.17) is 9.47 Å². The van der Waals surface area contributed by atoms with E-state index in [1.54, 1.807) is 7.11 Å². The molecule has 1 atom stereocenters. The van der Waals surface area contributed by atoms with Crippen molar-refractivity contribution in [3.63, 3.8) is 0 Å². The lowest BCUT2D eigenvalue weighted by atomic mass is 10.3. The van der Waals surface area contributed by atoms with Crippen molar-refractivity contribution in [2.45, 2.75) is 12.7 Å². The molecule has 2 heteroatoms. The van der Waals surface area contributed by atoms with Gasteiger partial charge < -0.3 is 9.47 Å². The van der Waals surface area contributed by atoms with Crippen LogP contribution in [-0.4, -0.2) is 20.0 Å². The molecule has 0 amide bonds. The first kappa shape index (κ1) is 4.09. The van der Waals surface area contributed by atoms with Crippen molar-refractivity contribution >= 4 is 0 Å². The Morgan fingerprint density at radius 3 is 2.50 bits per heavy atom. The second-order valence-electron chi connectivity index (χ2n) is 1.32. The monoisotopic (exact) mass is 88.1 g/mol. The molecule has 0 aromatic rings. The van der Waals surface area contributed by atoms with E-state index in [1.807, 2.05) is 0 Å². The van der Waals surface area contributed by atoms with Gasteiger partial charge in [-0.15, -0.1) is 0 Å². The Bertz CT molecular complexity index is 38.1. The SMILES string of the molecule is COC1CCO1. The lowest BCUT2D eigenvalue weighted by Crippen LogP contribution is -2.27. The molecule has 0 spiro atoms. The van der Waals surface area contributed by atoms with Gasteiger partial charge in [0.2, 0.25) is 0 Å². The molecule has 0 bridgehead atoms. The molecule has 1 rings (SSSR count). The zero-order valence-electron chi connectivity index (χ0n) is 3.81. The smallest absolute Gasteiger partial charge is 0.159 e. The van der Waals surface area contributed by atoms with Gasteiger partial charge in [0.05, 0.1) is 6.61 Å². The fourth-order valence-corrected chi connectivity index (χ4v) is 0.400. The predicted octanol–water partition coefficient (Wildman–Crippen LogP) is 0.379. The van der Waals surface area contributed by atoms with Gasteiger partial charge >= 0.3 is 0 Å². The van der Waals surface area contributed by atoms with E-state index >= 15 is 0 Å². The van der Waals surface area contributed by atoms with Crippen molar-refractivity contribution < 1.29 is 9.47 Å². The largest absolute Gasteiger partial charge is 0.356 e. The van der Waals surface area contributed by atoms with Crippen LogP contribution in [0.3, 0.4) is 0 Å². The molecule has 1 fully saturated rings. The Morgan fingerprint density at radius 1 is 1.83 bits per heavy atom. The Labute approximate surface area is 37.1 Å². The molecule has 1 aliphatic heterocycles. The summed E-state index contributed by atoms with van der Waals surface area (Å²) < 4.78 is 9.62. The van der Waals surface area contributed by atoms with Gasteiger partial charge in [0, 0.05) is 13.5 Å². The van der Waals surface area contributed by atoms with Gasteiger partial charge in [0.1, 0.15) is 0 Å². The van der Waals surface area contributed by atoms with E-state index in [1.165, 1.54) is 0 Å². The molecule has 0 aromatic carbocycles. The molecule has 0 saturated carbocycles. The van der Waals surface area contributed by atoms with Gasteiger partial charge in [-0.1, -0.05) is 0 Å². The van der Waals surface area contributed by atoms with Crippen molar-refractivity contribution in [3.8, 4) is 0 Å². The van der Waals surface area contributed by atoms with Crippen LogP contribution in [0.25, 0.3) is 0 Å². The van der Waals surface area contributed by atoms with E-state index < -0.39 is 0 Å². The van der Waals surface area contributed by atoms with Crippen LogP contribution in [-0.2, 0) is 9.47 Å². The Morgan fingerprint density at radius 2 is 2.50 bits per heavy atom. The molecule has 0 radical (unpaired) electrons. The van der Waals surface area contributed by atoms with Crippen molar-refractivity contribution in [3.05, 3.63) is 0 Å². The quantitative estimate of drug-likeness (QED) is 0.461. The van der Waals surface area contributed by atoms with Gasteiger partial charge in [0.25, 0.3) is 0 Å². The molecule has 1 heterocycles. The van der Waals surface area contributed by atoms with Crippen LogP contribution in [0.5, 0.6) is 0 Å². The molecule has 0 aliphatic carbocycles. The molecule has 36 valence electrons. The highest BCUT2D eigenvalue weighted by molar-refractivity contribution is 4.51. The van der Waals surface area contributed by atoms with Crippen molar-refractivity contribution in [2.24, 2.45) is 0 Å². The average Bonchev–Trinajstić information content (AvgIpc) is 1.31. The number of hydrogen-bond acceptors (Lipinski definition) is 2. The van der Waals surface area contributed by atoms with Crippen molar-refractivity contribution in [1.82, 2.24) is 0 Å². The van der Waals surface area contributed by atoms with E-state index in [0.717, 1.165) is 13.0 Å². The molecule has 1 unspecified atom stereocenters. The summed E-state index contributed by atoms with van der Waals surface area (Å²) in [5.74, 6) is 0. The molecule has 6 heavy (non-hydrogen) atoms. The second kappa shape index (κ2) is 1.58. The Kier molecular flexibility index (Phi) is 1.08. The second-order valence-corrected chi connectivity index (χ2v) is 1.32. The number of methoxy groups -OCH3 is 1. The lowest BCUT2D eigenvalue weighted by molar-refractivity contribution is -0.200. The van der Waals surface area contributed by atoms with Crippen LogP contribution in [0, 0.1) is 0 Å². The fourth-order valence-electron chi connectivity index (χ4n) is 0.400.